The first kappa shape index (κ1) is 20.8. The van der Waals surface area contributed by atoms with E-state index in [9.17, 15) is 9.59 Å². The molecule has 0 saturated carbocycles. The summed E-state index contributed by atoms with van der Waals surface area (Å²) < 4.78 is 13.8. The highest BCUT2D eigenvalue weighted by Gasteiger charge is 2.31. The summed E-state index contributed by atoms with van der Waals surface area (Å²) in [5, 5.41) is 1.06. The van der Waals surface area contributed by atoms with Crippen molar-refractivity contribution in [2.75, 3.05) is 0 Å². The number of aromatic nitrogens is 1. The molecule has 5 rings (SSSR count). The molecular formula is C28H23NO4. The second kappa shape index (κ2) is 8.10. The predicted octanol–water partition coefficient (Wildman–Crippen LogP) is 6.11. The lowest BCUT2D eigenvalue weighted by Gasteiger charge is -2.11. The molecule has 33 heavy (non-hydrogen) atoms. The lowest BCUT2D eigenvalue weighted by molar-refractivity contribution is 0.0732. The highest BCUT2D eigenvalue weighted by molar-refractivity contribution is 6.15. The number of ketones is 1. The van der Waals surface area contributed by atoms with Crippen molar-refractivity contribution >= 4 is 28.7 Å². The molecule has 5 nitrogen and oxygen atoms in total. The number of Topliss-reactive ketones (excluding diaryl/α,β-unsaturated/α-hetero) is 1. The van der Waals surface area contributed by atoms with Gasteiger partial charge in [0.1, 0.15) is 11.5 Å². The zero-order chi connectivity index (χ0) is 23.1. The van der Waals surface area contributed by atoms with Crippen molar-refractivity contribution < 1.29 is 19.1 Å². The number of carbonyl (C=O) groups excluding carboxylic acids is 2. The average Bonchev–Trinajstić information content (AvgIpc) is 3.34. The predicted molar refractivity (Wildman–Crippen MR) is 128 cm³/mol. The maximum absolute atomic E-state index is 13.1. The van der Waals surface area contributed by atoms with E-state index in [1.54, 1.807) is 37.3 Å². The van der Waals surface area contributed by atoms with Crippen LogP contribution in [0, 0.1) is 13.8 Å². The summed E-state index contributed by atoms with van der Waals surface area (Å²) in [4.78, 5) is 25.7. The van der Waals surface area contributed by atoms with Crippen LogP contribution in [0.15, 0.2) is 72.6 Å². The first-order chi connectivity index (χ1) is 16.0. The minimum atomic E-state index is -0.441. The van der Waals surface area contributed by atoms with Crippen molar-refractivity contribution in [2.24, 2.45) is 0 Å². The third kappa shape index (κ3) is 3.52. The number of para-hydroxylation sites is 1. The van der Waals surface area contributed by atoms with Crippen LogP contribution in [0.25, 0.3) is 17.0 Å². The highest BCUT2D eigenvalue weighted by Crippen LogP contribution is 2.40. The van der Waals surface area contributed by atoms with Crippen molar-refractivity contribution in [3.8, 4) is 11.5 Å². The van der Waals surface area contributed by atoms with Crippen LogP contribution in [0.1, 0.15) is 44.3 Å². The van der Waals surface area contributed by atoms with Crippen LogP contribution >= 0.6 is 0 Å². The van der Waals surface area contributed by atoms with Crippen LogP contribution < -0.4 is 9.47 Å². The van der Waals surface area contributed by atoms with Crippen molar-refractivity contribution in [3.05, 3.63) is 100 Å². The number of esters is 1. The molecule has 0 radical (unpaired) electrons. The van der Waals surface area contributed by atoms with Gasteiger partial charge in [0.2, 0.25) is 5.78 Å². The Morgan fingerprint density at radius 2 is 1.79 bits per heavy atom. The molecule has 0 fully saturated rings. The topological polar surface area (TPSA) is 57.5 Å². The largest absolute Gasteiger partial charge is 0.452 e. The van der Waals surface area contributed by atoms with Gasteiger partial charge in [0, 0.05) is 34.8 Å². The summed E-state index contributed by atoms with van der Waals surface area (Å²) in [5.74, 6) is 0.440. The van der Waals surface area contributed by atoms with Gasteiger partial charge in [-0.3, -0.25) is 4.79 Å². The fourth-order valence-corrected chi connectivity index (χ4v) is 4.23. The molecule has 0 spiro atoms. The minimum Gasteiger partial charge on any atom is -0.452 e. The van der Waals surface area contributed by atoms with Crippen molar-refractivity contribution in [1.29, 1.82) is 0 Å². The number of allylic oxidation sites excluding steroid dienone is 1. The third-order valence-corrected chi connectivity index (χ3v) is 6.05. The van der Waals surface area contributed by atoms with E-state index in [2.05, 4.69) is 17.6 Å². The van der Waals surface area contributed by atoms with Crippen LogP contribution in [-0.4, -0.2) is 16.3 Å². The smallest absolute Gasteiger partial charge is 0.343 e. The molecule has 164 valence electrons. The number of benzene rings is 3. The number of aryl methyl sites for hydroxylation is 2. The van der Waals surface area contributed by atoms with Gasteiger partial charge >= 0.3 is 5.97 Å². The number of hydrogen-bond donors (Lipinski definition) is 0. The third-order valence-electron chi connectivity index (χ3n) is 6.05. The fourth-order valence-electron chi connectivity index (χ4n) is 4.23. The summed E-state index contributed by atoms with van der Waals surface area (Å²) >= 11 is 0. The van der Waals surface area contributed by atoms with Crippen LogP contribution in [0.2, 0.25) is 0 Å². The molecular weight excluding hydrogens is 414 g/mol. The number of nitrogens with zero attached hydrogens (tertiary/aromatic N) is 1. The van der Waals surface area contributed by atoms with E-state index in [1.165, 1.54) is 0 Å². The Bertz CT molecular complexity index is 1460. The van der Waals surface area contributed by atoms with Gasteiger partial charge in [0.25, 0.3) is 0 Å². The second-order valence-electron chi connectivity index (χ2n) is 8.10. The summed E-state index contributed by atoms with van der Waals surface area (Å²) in [6.07, 6.45) is 3.81. The van der Waals surface area contributed by atoms with E-state index in [0.29, 0.717) is 28.2 Å². The monoisotopic (exact) mass is 437 g/mol. The molecule has 2 heterocycles. The number of fused-ring (bicyclic) bond motifs is 2. The molecule has 0 aliphatic carbocycles. The van der Waals surface area contributed by atoms with Crippen molar-refractivity contribution in [3.63, 3.8) is 0 Å². The first-order valence-corrected chi connectivity index (χ1v) is 10.9. The summed E-state index contributed by atoms with van der Waals surface area (Å²) in [7, 11) is 0. The quantitative estimate of drug-likeness (QED) is 0.219. The van der Waals surface area contributed by atoms with Crippen molar-refractivity contribution in [1.82, 2.24) is 4.57 Å². The Morgan fingerprint density at radius 1 is 1.03 bits per heavy atom. The molecule has 1 aliphatic heterocycles. The maximum Gasteiger partial charge on any atom is 0.343 e. The van der Waals surface area contributed by atoms with Crippen LogP contribution in [0.4, 0.5) is 0 Å². The number of ether oxygens (including phenoxy) is 2. The zero-order valence-corrected chi connectivity index (χ0v) is 18.7. The first-order valence-electron chi connectivity index (χ1n) is 10.9. The summed E-state index contributed by atoms with van der Waals surface area (Å²) in [6.45, 7) is 6.56. The van der Waals surface area contributed by atoms with Gasteiger partial charge in [-0.15, -0.1) is 0 Å². The highest BCUT2D eigenvalue weighted by atomic mass is 16.5. The standard InChI is InChI=1S/C28H23NO4/c1-4-29-16-19(21-11-7-8-12-23(21)29)15-25-26(30)22-13-14-24(18(3)27(22)32-25)33-28(31)20-10-6-5-9-17(20)2/h5-16H,4H2,1-3H3. The molecule has 0 unspecified atom stereocenters. The van der Waals surface area contributed by atoms with Gasteiger partial charge in [0.15, 0.2) is 5.76 Å². The molecule has 5 heteroatoms. The minimum absolute atomic E-state index is 0.182. The lowest BCUT2D eigenvalue weighted by atomic mass is 10.1. The molecule has 1 aliphatic rings. The maximum atomic E-state index is 13.1. The van der Waals surface area contributed by atoms with E-state index in [0.717, 1.165) is 28.6 Å². The summed E-state index contributed by atoms with van der Waals surface area (Å²) in [6, 6.07) is 18.6. The van der Waals surface area contributed by atoms with Crippen LogP contribution in [0.3, 0.4) is 0 Å². The molecule has 0 amide bonds. The molecule has 1 aromatic heterocycles. The zero-order valence-electron chi connectivity index (χ0n) is 18.7. The Balaban J connectivity index is 1.48. The molecule has 4 aromatic rings. The fraction of sp³-hybridized carbons (Fsp3) is 0.143. The SMILES string of the molecule is CCn1cc(C=C2Oc3c(ccc(OC(=O)c4ccccc4C)c3C)C2=O)c2ccccc21. The molecule has 0 bridgehead atoms. The van der Waals surface area contributed by atoms with Gasteiger partial charge in [-0.05, 0) is 56.7 Å². The average molecular weight is 437 g/mol. The van der Waals surface area contributed by atoms with E-state index in [-0.39, 0.29) is 11.5 Å². The second-order valence-corrected chi connectivity index (χ2v) is 8.10. The molecule has 0 atom stereocenters. The van der Waals surface area contributed by atoms with Crippen molar-refractivity contribution in [2.45, 2.75) is 27.3 Å². The van der Waals surface area contributed by atoms with Crippen LogP contribution in [0.5, 0.6) is 11.5 Å². The van der Waals surface area contributed by atoms with Gasteiger partial charge < -0.3 is 14.0 Å². The van der Waals surface area contributed by atoms with E-state index in [4.69, 9.17) is 9.47 Å². The molecule has 0 N–H and O–H groups in total. The Kier molecular flexibility index (Phi) is 5.09. The number of hydrogen-bond acceptors (Lipinski definition) is 4. The molecule has 0 saturated heterocycles. The Morgan fingerprint density at radius 3 is 2.58 bits per heavy atom. The summed E-state index contributed by atoms with van der Waals surface area (Å²) in [5.41, 5.74) is 4.45. The van der Waals surface area contributed by atoms with Gasteiger partial charge in [0.05, 0.1) is 11.1 Å². The number of rotatable bonds is 4. The Labute approximate surface area is 191 Å². The van der Waals surface area contributed by atoms with E-state index >= 15 is 0 Å². The van der Waals surface area contributed by atoms with Gasteiger partial charge in [-0.2, -0.15) is 0 Å². The normalized spacial score (nSPS) is 13.9. The molecule has 3 aromatic carbocycles. The Hall–Kier alpha value is -4.12. The van der Waals surface area contributed by atoms with Gasteiger partial charge in [-0.25, -0.2) is 4.79 Å². The van der Waals surface area contributed by atoms with E-state index < -0.39 is 5.97 Å². The van der Waals surface area contributed by atoms with Crippen LogP contribution in [-0.2, 0) is 6.54 Å². The van der Waals surface area contributed by atoms with Gasteiger partial charge in [-0.1, -0.05) is 36.4 Å². The van der Waals surface area contributed by atoms with E-state index in [1.807, 2.05) is 43.5 Å². The lowest BCUT2D eigenvalue weighted by Crippen LogP contribution is -2.11. The number of carbonyl (C=O) groups is 2.